The molecule has 0 aliphatic carbocycles. The van der Waals surface area contributed by atoms with Gasteiger partial charge >= 0.3 is 0 Å². The lowest BCUT2D eigenvalue weighted by molar-refractivity contribution is -0.384. The van der Waals surface area contributed by atoms with Gasteiger partial charge in [-0.1, -0.05) is 12.1 Å². The second-order valence-electron chi connectivity index (χ2n) is 3.48. The monoisotopic (exact) mass is 249 g/mol. The van der Waals surface area contributed by atoms with E-state index in [1.54, 1.807) is 18.3 Å². The van der Waals surface area contributed by atoms with Gasteiger partial charge in [0, 0.05) is 23.9 Å². The second kappa shape index (κ2) is 4.47. The zero-order chi connectivity index (χ0) is 12.4. The van der Waals surface area contributed by atoms with Crippen LogP contribution in [0.25, 0.3) is 11.3 Å². The number of rotatable bonds is 2. The highest BCUT2D eigenvalue weighted by Gasteiger charge is 2.10. The molecule has 0 fully saturated rings. The smallest absolute Gasteiger partial charge is 0.258 e. The van der Waals surface area contributed by atoms with Gasteiger partial charge in [-0.2, -0.15) is 0 Å². The lowest BCUT2D eigenvalue weighted by atomic mass is 10.1. The molecule has 0 radical (unpaired) electrons. The van der Waals surface area contributed by atoms with Crippen molar-refractivity contribution in [2.75, 3.05) is 0 Å². The first-order valence-electron chi connectivity index (χ1n) is 4.82. The van der Waals surface area contributed by atoms with Gasteiger partial charge in [0.15, 0.2) is 0 Å². The van der Waals surface area contributed by atoms with Gasteiger partial charge in [-0.15, -0.1) is 0 Å². The molecule has 0 aliphatic heterocycles. The van der Waals surface area contributed by atoms with E-state index >= 15 is 0 Å². The van der Waals surface area contributed by atoms with Gasteiger partial charge in [0.05, 0.1) is 10.6 Å². The lowest BCUT2D eigenvalue weighted by Crippen LogP contribution is -1.93. The van der Waals surface area contributed by atoms with E-state index in [1.807, 2.05) is 6.92 Å². The van der Waals surface area contributed by atoms with Crippen LogP contribution >= 0.6 is 11.6 Å². The van der Waals surface area contributed by atoms with E-state index in [2.05, 4.69) is 9.97 Å². The summed E-state index contributed by atoms with van der Waals surface area (Å²) in [6, 6.07) is 6.26. The molecule has 0 atom stereocenters. The Bertz CT molecular complexity index is 587. The van der Waals surface area contributed by atoms with Crippen LogP contribution in [0.5, 0.6) is 0 Å². The van der Waals surface area contributed by atoms with E-state index in [0.29, 0.717) is 11.3 Å². The van der Waals surface area contributed by atoms with Gasteiger partial charge < -0.3 is 0 Å². The fraction of sp³-hybridized carbons (Fsp3) is 0.0909. The minimum Gasteiger partial charge on any atom is -0.258 e. The average molecular weight is 250 g/mol. The molecular formula is C11H8ClN3O2. The molecule has 0 N–H and O–H groups in total. The number of nitrogens with zero attached hydrogens (tertiary/aromatic N) is 3. The number of hydrogen-bond acceptors (Lipinski definition) is 4. The molecule has 1 aromatic carbocycles. The van der Waals surface area contributed by atoms with Gasteiger partial charge in [-0.25, -0.2) is 9.97 Å². The maximum absolute atomic E-state index is 10.7. The Hall–Kier alpha value is -2.01. The number of hydrogen-bond donors (Lipinski definition) is 0. The van der Waals surface area contributed by atoms with Crippen molar-refractivity contribution >= 4 is 17.3 Å². The van der Waals surface area contributed by atoms with Crippen molar-refractivity contribution in [2.45, 2.75) is 6.92 Å². The molecule has 86 valence electrons. The Labute approximate surface area is 102 Å². The third-order valence-corrected chi connectivity index (χ3v) is 2.45. The molecule has 0 saturated carbocycles. The zero-order valence-electron chi connectivity index (χ0n) is 8.92. The Morgan fingerprint density at radius 2 is 2.18 bits per heavy atom. The molecule has 17 heavy (non-hydrogen) atoms. The highest BCUT2D eigenvalue weighted by molar-refractivity contribution is 6.28. The van der Waals surface area contributed by atoms with Crippen molar-refractivity contribution in [1.29, 1.82) is 0 Å². The first kappa shape index (κ1) is 11.5. The van der Waals surface area contributed by atoms with Gasteiger partial charge in [0.2, 0.25) is 5.28 Å². The molecule has 5 nitrogen and oxygen atoms in total. The molecule has 0 aliphatic rings. The quantitative estimate of drug-likeness (QED) is 0.466. The van der Waals surface area contributed by atoms with E-state index in [9.17, 15) is 10.1 Å². The maximum Gasteiger partial charge on any atom is 0.270 e. The summed E-state index contributed by atoms with van der Waals surface area (Å²) in [4.78, 5) is 18.2. The minimum absolute atomic E-state index is 0.0247. The predicted octanol–water partition coefficient (Wildman–Crippen LogP) is 3.01. The highest BCUT2D eigenvalue weighted by atomic mass is 35.5. The SMILES string of the molecule is Cc1cnc(Cl)nc1-c1cccc([N+](=O)[O-])c1. The summed E-state index contributed by atoms with van der Waals surface area (Å²) in [5.41, 5.74) is 2.10. The van der Waals surface area contributed by atoms with Gasteiger partial charge in [0.25, 0.3) is 5.69 Å². The molecule has 0 unspecified atom stereocenters. The Morgan fingerprint density at radius 1 is 1.41 bits per heavy atom. The summed E-state index contributed by atoms with van der Waals surface area (Å²) >= 11 is 5.71. The first-order valence-corrected chi connectivity index (χ1v) is 5.19. The molecule has 1 aromatic heterocycles. The Morgan fingerprint density at radius 3 is 2.88 bits per heavy atom. The average Bonchev–Trinajstić information content (AvgIpc) is 2.32. The summed E-state index contributed by atoms with van der Waals surface area (Å²) < 4.78 is 0. The fourth-order valence-electron chi connectivity index (χ4n) is 1.48. The molecule has 0 saturated heterocycles. The molecule has 0 bridgehead atoms. The van der Waals surface area contributed by atoms with Crippen LogP contribution in [0.1, 0.15) is 5.56 Å². The van der Waals surface area contributed by atoms with Crippen LogP contribution in [0.3, 0.4) is 0 Å². The van der Waals surface area contributed by atoms with Gasteiger partial charge in [0.1, 0.15) is 0 Å². The van der Waals surface area contributed by atoms with Crippen LogP contribution in [-0.2, 0) is 0 Å². The van der Waals surface area contributed by atoms with Crippen LogP contribution in [0, 0.1) is 17.0 Å². The van der Waals surface area contributed by atoms with Gasteiger partial charge in [-0.05, 0) is 24.1 Å². The number of benzene rings is 1. The van der Waals surface area contributed by atoms with Crippen molar-refractivity contribution in [1.82, 2.24) is 9.97 Å². The minimum atomic E-state index is -0.443. The number of nitro groups is 1. The van der Waals surface area contributed by atoms with E-state index in [-0.39, 0.29) is 11.0 Å². The van der Waals surface area contributed by atoms with Crippen molar-refractivity contribution in [2.24, 2.45) is 0 Å². The van der Waals surface area contributed by atoms with E-state index in [0.717, 1.165) is 5.56 Å². The second-order valence-corrected chi connectivity index (χ2v) is 3.82. The van der Waals surface area contributed by atoms with Crippen molar-refractivity contribution in [3.63, 3.8) is 0 Å². The maximum atomic E-state index is 10.7. The molecule has 0 spiro atoms. The largest absolute Gasteiger partial charge is 0.270 e. The van der Waals surface area contributed by atoms with E-state index in [4.69, 9.17) is 11.6 Å². The van der Waals surface area contributed by atoms with E-state index < -0.39 is 4.92 Å². The summed E-state index contributed by atoms with van der Waals surface area (Å²) in [7, 11) is 0. The molecule has 2 aromatic rings. The summed E-state index contributed by atoms with van der Waals surface area (Å²) in [5, 5.41) is 10.8. The first-order chi connectivity index (χ1) is 8.08. The highest BCUT2D eigenvalue weighted by Crippen LogP contribution is 2.25. The third-order valence-electron chi connectivity index (χ3n) is 2.27. The molecule has 0 amide bonds. The number of non-ortho nitro benzene ring substituents is 1. The van der Waals surface area contributed by atoms with Crippen molar-refractivity contribution in [3.8, 4) is 11.3 Å². The summed E-state index contributed by atoms with van der Waals surface area (Å²) in [6.45, 7) is 1.82. The van der Waals surface area contributed by atoms with Crippen molar-refractivity contribution in [3.05, 3.63) is 51.4 Å². The molecule has 6 heteroatoms. The van der Waals surface area contributed by atoms with Crippen LogP contribution in [0.2, 0.25) is 5.28 Å². The lowest BCUT2D eigenvalue weighted by Gasteiger charge is -2.04. The summed E-state index contributed by atoms with van der Waals surface area (Å²) in [6.07, 6.45) is 1.59. The Kier molecular flexibility index (Phi) is 3.01. The number of aryl methyl sites for hydroxylation is 1. The van der Waals surface area contributed by atoms with Crippen LogP contribution in [-0.4, -0.2) is 14.9 Å². The van der Waals surface area contributed by atoms with Crippen molar-refractivity contribution < 1.29 is 4.92 Å². The standard InChI is InChI=1S/C11H8ClN3O2/c1-7-6-13-11(12)14-10(7)8-3-2-4-9(5-8)15(16)17/h2-6H,1H3. The normalized spacial score (nSPS) is 10.2. The third kappa shape index (κ3) is 2.39. The topological polar surface area (TPSA) is 68.9 Å². The van der Waals surface area contributed by atoms with Crippen LogP contribution in [0.15, 0.2) is 30.5 Å². The number of aromatic nitrogens is 2. The summed E-state index contributed by atoms with van der Waals surface area (Å²) in [5.74, 6) is 0. The van der Waals surface area contributed by atoms with Crippen LogP contribution in [0.4, 0.5) is 5.69 Å². The molecule has 2 rings (SSSR count). The number of halogens is 1. The van der Waals surface area contributed by atoms with Crippen LogP contribution < -0.4 is 0 Å². The molecular weight excluding hydrogens is 242 g/mol. The van der Waals surface area contributed by atoms with Gasteiger partial charge in [-0.3, -0.25) is 10.1 Å². The zero-order valence-corrected chi connectivity index (χ0v) is 9.68. The molecule has 1 heterocycles. The Balaban J connectivity index is 2.56. The van der Waals surface area contributed by atoms with E-state index in [1.165, 1.54) is 12.1 Å². The predicted molar refractivity (Wildman–Crippen MR) is 63.9 cm³/mol. The fourth-order valence-corrected chi connectivity index (χ4v) is 1.61. The number of nitro benzene ring substituents is 1.